The number of rotatable bonds is 8. The molecule has 0 spiro atoms. The number of nitrogens with zero attached hydrogens (tertiary/aromatic N) is 4. The molecule has 2 N–H and O–H groups in total. The van der Waals surface area contributed by atoms with Gasteiger partial charge in [0, 0.05) is 23.0 Å². The van der Waals surface area contributed by atoms with Gasteiger partial charge in [0.05, 0.1) is 40.0 Å². The summed E-state index contributed by atoms with van der Waals surface area (Å²) < 4.78 is 11.3. The van der Waals surface area contributed by atoms with Gasteiger partial charge in [0.15, 0.2) is 0 Å². The first-order chi connectivity index (χ1) is 20.4. The molecule has 208 valence electrons. The molecule has 4 heterocycles. The first kappa shape index (κ1) is 28.9. The number of allylic oxidation sites excluding steroid dienone is 1. The van der Waals surface area contributed by atoms with Crippen LogP contribution in [0.4, 0.5) is 0 Å². The molecule has 4 aromatic rings. The van der Waals surface area contributed by atoms with Gasteiger partial charge in [0.2, 0.25) is 5.88 Å². The van der Waals surface area contributed by atoms with Gasteiger partial charge in [-0.05, 0) is 53.8 Å². The van der Waals surface area contributed by atoms with Crippen molar-refractivity contribution in [1.29, 1.82) is 10.5 Å². The summed E-state index contributed by atoms with van der Waals surface area (Å²) in [4.78, 5) is 23.3. The lowest BCUT2D eigenvalue weighted by molar-refractivity contribution is -0.139. The highest BCUT2D eigenvalue weighted by molar-refractivity contribution is 7.99. The Kier molecular flexibility index (Phi) is 8.89. The zero-order valence-electron chi connectivity index (χ0n) is 22.2. The number of ether oxygens (including phenoxy) is 2. The molecule has 0 saturated heterocycles. The highest BCUT2D eigenvalue weighted by Gasteiger charge is 2.38. The highest BCUT2D eigenvalue weighted by atomic mass is 35.5. The molecule has 5 rings (SSSR count). The maximum atomic E-state index is 13.3. The van der Waals surface area contributed by atoms with Gasteiger partial charge < -0.3 is 15.2 Å². The number of thioether (sulfide) groups is 1. The molecular weight excluding hydrogens is 590 g/mol. The fourth-order valence-electron chi connectivity index (χ4n) is 4.51. The molecule has 0 amide bonds. The third kappa shape index (κ3) is 5.88. The molecule has 1 atom stereocenters. The average Bonchev–Trinajstić information content (AvgIpc) is 3.55. The second-order valence-electron chi connectivity index (χ2n) is 8.89. The van der Waals surface area contributed by atoms with Gasteiger partial charge >= 0.3 is 5.97 Å². The van der Waals surface area contributed by atoms with Crippen LogP contribution in [0.5, 0.6) is 0 Å². The summed E-state index contributed by atoms with van der Waals surface area (Å²) in [7, 11) is 0. The highest BCUT2D eigenvalue weighted by Crippen LogP contribution is 2.42. The summed E-state index contributed by atoms with van der Waals surface area (Å²) >= 11 is 8.89. The number of carbonyl (C=O) groups excluding carboxylic acids is 1. The van der Waals surface area contributed by atoms with Crippen molar-refractivity contribution in [1.82, 2.24) is 9.97 Å². The number of benzene rings is 1. The summed E-state index contributed by atoms with van der Waals surface area (Å²) in [6.07, 6.45) is 3.17. The number of nitrogens with two attached hydrogens (primary N) is 1. The summed E-state index contributed by atoms with van der Waals surface area (Å²) in [5.74, 6) is -1.29. The van der Waals surface area contributed by atoms with Crippen LogP contribution in [0.2, 0.25) is 5.02 Å². The molecule has 0 bridgehead atoms. The van der Waals surface area contributed by atoms with Crippen LogP contribution in [-0.2, 0) is 14.3 Å². The second kappa shape index (κ2) is 12.9. The summed E-state index contributed by atoms with van der Waals surface area (Å²) in [5.41, 5.74) is 9.59. The van der Waals surface area contributed by atoms with Crippen molar-refractivity contribution in [2.45, 2.75) is 17.9 Å². The predicted octanol–water partition coefficient (Wildman–Crippen LogP) is 6.81. The van der Waals surface area contributed by atoms with E-state index >= 15 is 0 Å². The molecule has 1 unspecified atom stereocenters. The Labute approximate surface area is 255 Å². The Morgan fingerprint density at radius 1 is 1.19 bits per heavy atom. The van der Waals surface area contributed by atoms with E-state index in [1.54, 1.807) is 43.6 Å². The topological polar surface area (TPSA) is 135 Å². The van der Waals surface area contributed by atoms with E-state index in [2.05, 4.69) is 17.1 Å². The molecule has 1 aromatic carbocycles. The third-order valence-corrected chi connectivity index (χ3v) is 8.50. The van der Waals surface area contributed by atoms with Crippen molar-refractivity contribution in [3.8, 4) is 33.8 Å². The molecule has 0 radical (unpaired) electrons. The zero-order chi connectivity index (χ0) is 29.6. The van der Waals surface area contributed by atoms with Crippen molar-refractivity contribution < 1.29 is 14.3 Å². The first-order valence-electron chi connectivity index (χ1n) is 12.7. The smallest absolute Gasteiger partial charge is 0.338 e. The van der Waals surface area contributed by atoms with Crippen LogP contribution < -0.4 is 5.73 Å². The molecule has 11 heteroatoms. The van der Waals surface area contributed by atoms with Crippen molar-refractivity contribution in [3.63, 3.8) is 0 Å². The fourth-order valence-corrected chi connectivity index (χ4v) is 6.27. The SMILES string of the molecule is CCOC(=O)C1=C(CSc2nc(-c3cccs3)cc(-c3ccc(Cl)cc3)c2C#N)OC(N)=C(C#N)C1c1cccnc1. The summed E-state index contributed by atoms with van der Waals surface area (Å²) in [6, 6.07) is 20.9. The first-order valence-corrected chi connectivity index (χ1v) is 14.9. The van der Waals surface area contributed by atoms with Crippen LogP contribution in [0, 0.1) is 22.7 Å². The minimum atomic E-state index is -0.836. The lowest BCUT2D eigenvalue weighted by Gasteiger charge is -2.28. The van der Waals surface area contributed by atoms with Gasteiger partial charge in [0.1, 0.15) is 28.5 Å². The number of nitriles is 2. The van der Waals surface area contributed by atoms with E-state index in [0.717, 1.165) is 10.4 Å². The second-order valence-corrected chi connectivity index (χ2v) is 11.2. The van der Waals surface area contributed by atoms with Crippen molar-refractivity contribution in [2.24, 2.45) is 5.73 Å². The minimum Gasteiger partial charge on any atom is -0.463 e. The quantitative estimate of drug-likeness (QED) is 0.168. The van der Waals surface area contributed by atoms with E-state index in [4.69, 9.17) is 31.8 Å². The van der Waals surface area contributed by atoms with Crippen LogP contribution >= 0.6 is 34.7 Å². The van der Waals surface area contributed by atoms with E-state index < -0.39 is 11.9 Å². The number of thiophene rings is 1. The van der Waals surface area contributed by atoms with E-state index in [-0.39, 0.29) is 35.1 Å². The maximum absolute atomic E-state index is 13.3. The van der Waals surface area contributed by atoms with Gasteiger partial charge in [0.25, 0.3) is 0 Å². The van der Waals surface area contributed by atoms with E-state index in [9.17, 15) is 15.3 Å². The van der Waals surface area contributed by atoms with Gasteiger partial charge in [-0.15, -0.1) is 11.3 Å². The monoisotopic (exact) mass is 611 g/mol. The van der Waals surface area contributed by atoms with Crippen molar-refractivity contribution >= 4 is 40.7 Å². The van der Waals surface area contributed by atoms with Gasteiger partial charge in [-0.3, -0.25) is 4.98 Å². The van der Waals surface area contributed by atoms with Gasteiger partial charge in [-0.1, -0.05) is 47.6 Å². The Morgan fingerprint density at radius 3 is 2.64 bits per heavy atom. The predicted molar refractivity (Wildman–Crippen MR) is 162 cm³/mol. The van der Waals surface area contributed by atoms with Crippen LogP contribution in [0.25, 0.3) is 21.7 Å². The van der Waals surface area contributed by atoms with Crippen LogP contribution in [0.1, 0.15) is 24.0 Å². The number of aromatic nitrogens is 2. The van der Waals surface area contributed by atoms with Gasteiger partial charge in [-0.25, -0.2) is 9.78 Å². The fraction of sp³-hybridized carbons (Fsp3) is 0.129. The molecule has 0 aliphatic carbocycles. The summed E-state index contributed by atoms with van der Waals surface area (Å²) in [5, 5.41) is 23.2. The number of pyridine rings is 2. The summed E-state index contributed by atoms with van der Waals surface area (Å²) in [6.45, 7) is 1.82. The molecule has 0 fully saturated rings. The molecule has 42 heavy (non-hydrogen) atoms. The maximum Gasteiger partial charge on any atom is 0.338 e. The number of hydrogen-bond acceptors (Lipinski definition) is 10. The number of esters is 1. The standard InChI is InChI=1S/C31H22ClN5O3S2/c1-2-39-31(38)28-25(40-29(35)23(15-34)27(28)19-5-3-11-36-16-19)17-42-30-22(14-33)21(18-7-9-20(32)10-8-18)13-24(37-30)26-6-4-12-41-26/h3-13,16,27H,2,17,35H2,1H3. The molecule has 1 aliphatic rings. The minimum absolute atomic E-state index is 0.0833. The Morgan fingerprint density at radius 2 is 2.00 bits per heavy atom. The number of carbonyl (C=O) groups is 1. The van der Waals surface area contributed by atoms with E-state index in [1.807, 2.05) is 35.7 Å². The van der Waals surface area contributed by atoms with Crippen molar-refractivity contribution in [2.75, 3.05) is 12.4 Å². The molecule has 1 aliphatic heterocycles. The molecular formula is C31H22ClN5O3S2. The van der Waals surface area contributed by atoms with Gasteiger partial charge in [-0.2, -0.15) is 10.5 Å². The van der Waals surface area contributed by atoms with Crippen molar-refractivity contribution in [3.05, 3.63) is 111 Å². The number of halogens is 1. The van der Waals surface area contributed by atoms with E-state index in [1.165, 1.54) is 23.1 Å². The lowest BCUT2D eigenvalue weighted by atomic mass is 9.84. The third-order valence-electron chi connectivity index (χ3n) is 6.38. The average molecular weight is 612 g/mol. The molecule has 3 aromatic heterocycles. The lowest BCUT2D eigenvalue weighted by Crippen LogP contribution is -2.27. The Hall–Kier alpha value is -4.61. The Balaban J connectivity index is 1.62. The normalized spacial score (nSPS) is 14.6. The van der Waals surface area contributed by atoms with E-state index in [0.29, 0.717) is 32.4 Å². The van der Waals surface area contributed by atoms with Crippen LogP contribution in [0.3, 0.4) is 0 Å². The Bertz CT molecular complexity index is 1770. The van der Waals surface area contributed by atoms with Crippen LogP contribution in [-0.4, -0.2) is 28.3 Å². The molecule has 0 saturated carbocycles. The molecule has 8 nitrogen and oxygen atoms in total. The zero-order valence-corrected chi connectivity index (χ0v) is 24.6. The number of hydrogen-bond donors (Lipinski definition) is 1. The largest absolute Gasteiger partial charge is 0.463 e. The van der Waals surface area contributed by atoms with Crippen LogP contribution in [0.15, 0.2) is 100 Å².